The molecule has 0 radical (unpaired) electrons. The lowest BCUT2D eigenvalue weighted by Gasteiger charge is -2.06. The SMILES string of the molecule is CCCCCCCCC(=O)Nc1nnc(-c2cc(I)c(O)c(OC)c2)s1. The summed E-state index contributed by atoms with van der Waals surface area (Å²) in [5.41, 5.74) is 0.790. The molecule has 142 valence electrons. The van der Waals surface area contributed by atoms with E-state index >= 15 is 0 Å². The van der Waals surface area contributed by atoms with Crippen LogP contribution in [0.25, 0.3) is 10.6 Å². The van der Waals surface area contributed by atoms with E-state index in [0.717, 1.165) is 18.4 Å². The molecule has 2 aromatic rings. The fourth-order valence-electron chi connectivity index (χ4n) is 2.49. The average Bonchev–Trinajstić information content (AvgIpc) is 3.08. The Morgan fingerprint density at radius 1 is 1.23 bits per heavy atom. The minimum Gasteiger partial charge on any atom is -0.504 e. The van der Waals surface area contributed by atoms with Crippen LogP contribution in [0.5, 0.6) is 11.5 Å². The molecule has 0 aliphatic rings. The second-order valence-corrected chi connectivity index (χ2v) is 8.13. The van der Waals surface area contributed by atoms with Gasteiger partial charge in [-0.25, -0.2) is 0 Å². The molecule has 26 heavy (non-hydrogen) atoms. The lowest BCUT2D eigenvalue weighted by molar-refractivity contribution is -0.116. The number of nitrogens with one attached hydrogen (secondary N) is 1. The Hall–Kier alpha value is -1.42. The number of phenolic OH excluding ortho intramolecular Hbond substituents is 1. The number of rotatable bonds is 10. The zero-order chi connectivity index (χ0) is 18.9. The molecule has 1 amide bonds. The highest BCUT2D eigenvalue weighted by atomic mass is 127. The van der Waals surface area contributed by atoms with Crippen molar-refractivity contribution in [3.63, 3.8) is 0 Å². The molecule has 0 saturated carbocycles. The minimum atomic E-state index is -0.0268. The van der Waals surface area contributed by atoms with E-state index in [0.29, 0.717) is 25.9 Å². The van der Waals surface area contributed by atoms with Gasteiger partial charge in [-0.2, -0.15) is 0 Å². The number of hydrogen-bond acceptors (Lipinski definition) is 6. The lowest BCUT2D eigenvalue weighted by atomic mass is 10.1. The van der Waals surface area contributed by atoms with Crippen molar-refractivity contribution in [3.05, 3.63) is 15.7 Å². The second kappa shape index (κ2) is 10.7. The molecule has 1 aromatic carbocycles. The molecule has 6 nitrogen and oxygen atoms in total. The largest absolute Gasteiger partial charge is 0.504 e. The van der Waals surface area contributed by atoms with E-state index < -0.39 is 0 Å². The first-order valence-electron chi connectivity index (χ1n) is 8.75. The highest BCUT2D eigenvalue weighted by Crippen LogP contribution is 2.37. The number of phenols is 1. The molecule has 0 saturated heterocycles. The van der Waals surface area contributed by atoms with Crippen LogP contribution in [0.4, 0.5) is 5.13 Å². The van der Waals surface area contributed by atoms with Crippen LogP contribution in [0.1, 0.15) is 51.9 Å². The molecule has 1 heterocycles. The van der Waals surface area contributed by atoms with E-state index in [4.69, 9.17) is 4.74 Å². The molecule has 0 fully saturated rings. The van der Waals surface area contributed by atoms with Crippen molar-refractivity contribution >= 4 is 45.0 Å². The predicted molar refractivity (Wildman–Crippen MR) is 113 cm³/mol. The summed E-state index contributed by atoms with van der Waals surface area (Å²) in [5.74, 6) is 0.464. The maximum Gasteiger partial charge on any atom is 0.226 e. The smallest absolute Gasteiger partial charge is 0.226 e. The standard InChI is InChI=1S/C18H24IN3O3S/c1-3-4-5-6-7-8-9-15(23)20-18-22-21-17(26-18)12-10-13(19)16(24)14(11-12)25-2/h10-11,24H,3-9H2,1-2H3,(H,20,22,23). The number of nitrogens with zero attached hydrogens (tertiary/aromatic N) is 2. The summed E-state index contributed by atoms with van der Waals surface area (Å²) < 4.78 is 5.84. The summed E-state index contributed by atoms with van der Waals surface area (Å²) >= 11 is 3.34. The Morgan fingerprint density at radius 3 is 2.69 bits per heavy atom. The molecule has 2 rings (SSSR count). The van der Waals surface area contributed by atoms with E-state index in [9.17, 15) is 9.90 Å². The number of benzene rings is 1. The molecule has 0 bridgehead atoms. The zero-order valence-electron chi connectivity index (χ0n) is 15.0. The van der Waals surface area contributed by atoms with E-state index in [1.807, 2.05) is 22.6 Å². The van der Waals surface area contributed by atoms with Crippen molar-refractivity contribution in [1.29, 1.82) is 0 Å². The van der Waals surface area contributed by atoms with Crippen LogP contribution in [0.15, 0.2) is 12.1 Å². The third-order valence-electron chi connectivity index (χ3n) is 3.92. The van der Waals surface area contributed by atoms with Crippen LogP contribution in [0.3, 0.4) is 0 Å². The molecule has 0 atom stereocenters. The zero-order valence-corrected chi connectivity index (χ0v) is 18.0. The minimum absolute atomic E-state index is 0.0268. The van der Waals surface area contributed by atoms with Gasteiger partial charge in [0, 0.05) is 12.0 Å². The number of ether oxygens (including phenoxy) is 1. The fraction of sp³-hybridized carbons (Fsp3) is 0.500. The van der Waals surface area contributed by atoms with E-state index in [2.05, 4.69) is 22.4 Å². The molecule has 1 aromatic heterocycles. The third-order valence-corrected chi connectivity index (χ3v) is 5.63. The van der Waals surface area contributed by atoms with E-state index in [1.165, 1.54) is 44.1 Å². The van der Waals surface area contributed by atoms with Gasteiger partial charge < -0.3 is 15.2 Å². The quantitative estimate of drug-likeness (QED) is 0.354. The summed E-state index contributed by atoms with van der Waals surface area (Å²) in [6.07, 6.45) is 7.41. The topological polar surface area (TPSA) is 84.3 Å². The average molecular weight is 489 g/mol. The Balaban J connectivity index is 1.89. The molecule has 0 spiro atoms. The van der Waals surface area contributed by atoms with Crippen molar-refractivity contribution in [2.24, 2.45) is 0 Å². The number of halogens is 1. The first kappa shape index (κ1) is 20.9. The van der Waals surface area contributed by atoms with Gasteiger partial charge in [0.1, 0.15) is 5.01 Å². The predicted octanol–water partition coefficient (Wildman–Crippen LogP) is 5.21. The number of carbonyl (C=O) groups is 1. The highest BCUT2D eigenvalue weighted by molar-refractivity contribution is 14.1. The molecular formula is C18H24IN3O3S. The van der Waals surface area contributed by atoms with Gasteiger partial charge in [0.15, 0.2) is 11.5 Å². The Morgan fingerprint density at radius 2 is 1.96 bits per heavy atom. The lowest BCUT2D eigenvalue weighted by Crippen LogP contribution is -2.10. The fourth-order valence-corrected chi connectivity index (χ4v) is 3.84. The van der Waals surface area contributed by atoms with Crippen molar-refractivity contribution in [2.45, 2.75) is 51.9 Å². The number of unbranched alkanes of at least 4 members (excludes halogenated alkanes) is 5. The van der Waals surface area contributed by atoms with Crippen LogP contribution in [0.2, 0.25) is 0 Å². The van der Waals surface area contributed by atoms with E-state index in [-0.39, 0.29) is 11.7 Å². The van der Waals surface area contributed by atoms with Crippen molar-refractivity contribution < 1.29 is 14.6 Å². The van der Waals surface area contributed by atoms with Crippen LogP contribution in [0, 0.1) is 3.57 Å². The van der Waals surface area contributed by atoms with Crippen LogP contribution >= 0.6 is 33.9 Å². The molecule has 0 aliphatic carbocycles. The van der Waals surface area contributed by atoms with Crippen LogP contribution in [-0.2, 0) is 4.79 Å². The molecule has 0 aliphatic heterocycles. The van der Waals surface area contributed by atoms with Crippen molar-refractivity contribution in [2.75, 3.05) is 12.4 Å². The number of aromatic hydroxyl groups is 1. The third kappa shape index (κ3) is 6.08. The van der Waals surface area contributed by atoms with E-state index in [1.54, 1.807) is 12.1 Å². The number of aromatic nitrogens is 2. The maximum absolute atomic E-state index is 12.0. The number of hydrogen-bond donors (Lipinski definition) is 2. The first-order chi connectivity index (χ1) is 12.5. The van der Waals surface area contributed by atoms with Gasteiger partial charge in [0.05, 0.1) is 10.7 Å². The molecule has 2 N–H and O–H groups in total. The number of carbonyl (C=O) groups excluding carboxylic acids is 1. The molecule has 0 unspecified atom stereocenters. The maximum atomic E-state index is 12.0. The summed E-state index contributed by atoms with van der Waals surface area (Å²) in [6, 6.07) is 3.51. The number of amides is 1. The summed E-state index contributed by atoms with van der Waals surface area (Å²) in [7, 11) is 1.50. The van der Waals surface area contributed by atoms with Gasteiger partial charge in [-0.1, -0.05) is 50.4 Å². The number of methoxy groups -OCH3 is 1. The van der Waals surface area contributed by atoms with Crippen molar-refractivity contribution in [1.82, 2.24) is 10.2 Å². The summed E-state index contributed by atoms with van der Waals surface area (Å²) in [5, 5.41) is 22.0. The van der Waals surface area contributed by atoms with Crippen LogP contribution < -0.4 is 10.1 Å². The highest BCUT2D eigenvalue weighted by Gasteiger charge is 2.14. The normalized spacial score (nSPS) is 10.7. The monoisotopic (exact) mass is 489 g/mol. The van der Waals surface area contributed by atoms with Gasteiger partial charge in [-0.15, -0.1) is 10.2 Å². The van der Waals surface area contributed by atoms with Crippen molar-refractivity contribution in [3.8, 4) is 22.1 Å². The molecular weight excluding hydrogens is 465 g/mol. The van der Waals surface area contributed by atoms with Gasteiger partial charge in [-0.05, 0) is 41.1 Å². The Bertz CT molecular complexity index is 736. The van der Waals surface area contributed by atoms with Gasteiger partial charge >= 0.3 is 0 Å². The van der Waals surface area contributed by atoms with Gasteiger partial charge in [0.2, 0.25) is 11.0 Å². The number of anilines is 1. The Kier molecular flexibility index (Phi) is 8.56. The molecule has 8 heteroatoms. The summed E-state index contributed by atoms with van der Waals surface area (Å²) in [4.78, 5) is 12.0. The summed E-state index contributed by atoms with van der Waals surface area (Å²) in [6.45, 7) is 2.19. The van der Waals surface area contributed by atoms with Gasteiger partial charge in [-0.3, -0.25) is 4.79 Å². The first-order valence-corrected chi connectivity index (χ1v) is 10.6. The van der Waals surface area contributed by atoms with Gasteiger partial charge in [0.25, 0.3) is 0 Å². The van der Waals surface area contributed by atoms with Crippen LogP contribution in [-0.4, -0.2) is 28.3 Å². The Labute approximate surface area is 171 Å². The second-order valence-electron chi connectivity index (χ2n) is 5.99.